The maximum absolute atomic E-state index is 13.3. The molecule has 0 spiro atoms. The maximum atomic E-state index is 13.3. The molecule has 4 heteroatoms. The zero-order chi connectivity index (χ0) is 13.9. The number of nitrogens with zero attached hydrogens (tertiary/aromatic N) is 1. The van der Waals surface area contributed by atoms with Crippen molar-refractivity contribution < 1.29 is 8.78 Å². The lowest BCUT2D eigenvalue weighted by Gasteiger charge is -2.40. The highest BCUT2D eigenvalue weighted by Crippen LogP contribution is 2.35. The molecule has 1 saturated carbocycles. The Morgan fingerprint density at radius 2 is 1.74 bits per heavy atom. The van der Waals surface area contributed by atoms with Crippen molar-refractivity contribution >= 4 is 0 Å². The minimum absolute atomic E-state index is 0.0115. The minimum atomic E-state index is -0.515. The van der Waals surface area contributed by atoms with Gasteiger partial charge in [-0.2, -0.15) is 0 Å². The maximum Gasteiger partial charge on any atom is 0.126 e. The molecule has 1 aliphatic rings. The molecule has 2 nitrogen and oxygen atoms in total. The van der Waals surface area contributed by atoms with Gasteiger partial charge in [-0.3, -0.25) is 4.90 Å². The molecule has 0 aromatic heterocycles. The van der Waals surface area contributed by atoms with E-state index in [2.05, 4.69) is 11.8 Å². The van der Waals surface area contributed by atoms with Gasteiger partial charge in [0.05, 0.1) is 0 Å². The minimum Gasteiger partial charge on any atom is -0.329 e. The van der Waals surface area contributed by atoms with Crippen LogP contribution in [0, 0.1) is 11.6 Å². The predicted molar refractivity (Wildman–Crippen MR) is 72.7 cm³/mol. The van der Waals surface area contributed by atoms with Crippen LogP contribution in [0.2, 0.25) is 0 Å². The van der Waals surface area contributed by atoms with Gasteiger partial charge in [0.15, 0.2) is 0 Å². The van der Waals surface area contributed by atoms with E-state index in [0.717, 1.165) is 25.5 Å². The average molecular weight is 268 g/mol. The number of rotatable bonds is 5. The molecule has 0 unspecified atom stereocenters. The Labute approximate surface area is 113 Å². The van der Waals surface area contributed by atoms with Gasteiger partial charge in [-0.25, -0.2) is 8.78 Å². The van der Waals surface area contributed by atoms with Gasteiger partial charge in [0, 0.05) is 24.7 Å². The summed E-state index contributed by atoms with van der Waals surface area (Å²) in [5.41, 5.74) is 6.66. The van der Waals surface area contributed by atoms with E-state index in [1.165, 1.54) is 25.0 Å². The van der Waals surface area contributed by atoms with E-state index in [1.807, 2.05) is 0 Å². The summed E-state index contributed by atoms with van der Waals surface area (Å²) >= 11 is 0. The van der Waals surface area contributed by atoms with Crippen molar-refractivity contribution in [3.8, 4) is 0 Å². The molecule has 0 saturated heterocycles. The zero-order valence-electron chi connectivity index (χ0n) is 11.5. The Balaban J connectivity index is 2.18. The zero-order valence-corrected chi connectivity index (χ0v) is 11.5. The van der Waals surface area contributed by atoms with Crippen LogP contribution in [0.3, 0.4) is 0 Å². The van der Waals surface area contributed by atoms with E-state index < -0.39 is 11.6 Å². The van der Waals surface area contributed by atoms with Gasteiger partial charge >= 0.3 is 0 Å². The van der Waals surface area contributed by atoms with Crippen molar-refractivity contribution in [2.75, 3.05) is 13.1 Å². The monoisotopic (exact) mass is 268 g/mol. The second-order valence-electron chi connectivity index (χ2n) is 5.43. The molecule has 1 aliphatic carbocycles. The lowest BCUT2D eigenvalue weighted by atomic mass is 9.94. The van der Waals surface area contributed by atoms with Gasteiger partial charge < -0.3 is 5.73 Å². The standard InChI is InChI=1S/C15H22F2N2/c1-2-19(15(11-18)5-3-4-6-15)10-12-7-13(16)9-14(17)8-12/h7-9H,2-6,10-11,18H2,1H3. The Morgan fingerprint density at radius 1 is 1.16 bits per heavy atom. The normalized spacial score (nSPS) is 18.2. The number of hydrogen-bond donors (Lipinski definition) is 1. The van der Waals surface area contributed by atoms with E-state index in [-0.39, 0.29) is 5.54 Å². The molecule has 2 rings (SSSR count). The van der Waals surface area contributed by atoms with Crippen molar-refractivity contribution in [2.45, 2.75) is 44.7 Å². The van der Waals surface area contributed by atoms with Crippen LogP contribution in [-0.2, 0) is 6.54 Å². The summed E-state index contributed by atoms with van der Waals surface area (Å²) in [7, 11) is 0. The number of hydrogen-bond acceptors (Lipinski definition) is 2. The first-order valence-electron chi connectivity index (χ1n) is 7.00. The summed E-state index contributed by atoms with van der Waals surface area (Å²) in [5, 5.41) is 0. The molecular formula is C15H22F2N2. The van der Waals surface area contributed by atoms with Gasteiger partial charge in [-0.1, -0.05) is 19.8 Å². The molecular weight excluding hydrogens is 246 g/mol. The highest BCUT2D eigenvalue weighted by atomic mass is 19.1. The van der Waals surface area contributed by atoms with Crippen LogP contribution in [0.5, 0.6) is 0 Å². The summed E-state index contributed by atoms with van der Waals surface area (Å²) < 4.78 is 26.5. The number of benzene rings is 1. The van der Waals surface area contributed by atoms with Gasteiger partial charge in [0.25, 0.3) is 0 Å². The Morgan fingerprint density at radius 3 is 2.21 bits per heavy atom. The van der Waals surface area contributed by atoms with Crippen LogP contribution < -0.4 is 5.73 Å². The van der Waals surface area contributed by atoms with Crippen molar-refractivity contribution in [2.24, 2.45) is 5.73 Å². The summed E-state index contributed by atoms with van der Waals surface area (Å²) in [6.45, 7) is 4.09. The molecule has 1 aromatic carbocycles. The number of halogens is 2. The largest absolute Gasteiger partial charge is 0.329 e. The molecule has 0 atom stereocenters. The van der Waals surface area contributed by atoms with E-state index in [9.17, 15) is 8.78 Å². The number of likely N-dealkylation sites (N-methyl/N-ethyl adjacent to an activating group) is 1. The Kier molecular flexibility index (Phi) is 4.53. The third-order valence-electron chi connectivity index (χ3n) is 4.26. The van der Waals surface area contributed by atoms with E-state index >= 15 is 0 Å². The number of nitrogens with two attached hydrogens (primary N) is 1. The highest BCUT2D eigenvalue weighted by molar-refractivity contribution is 5.18. The quantitative estimate of drug-likeness (QED) is 0.889. The lowest BCUT2D eigenvalue weighted by molar-refractivity contribution is 0.0968. The summed E-state index contributed by atoms with van der Waals surface area (Å²) in [5.74, 6) is -1.03. The molecule has 0 amide bonds. The summed E-state index contributed by atoms with van der Waals surface area (Å²) in [6.07, 6.45) is 4.53. The molecule has 1 fully saturated rings. The smallest absolute Gasteiger partial charge is 0.126 e. The fourth-order valence-electron chi connectivity index (χ4n) is 3.22. The molecule has 0 bridgehead atoms. The van der Waals surface area contributed by atoms with Crippen molar-refractivity contribution in [3.05, 3.63) is 35.4 Å². The van der Waals surface area contributed by atoms with Crippen molar-refractivity contribution in [1.82, 2.24) is 4.90 Å². The molecule has 2 N–H and O–H groups in total. The van der Waals surface area contributed by atoms with Crippen LogP contribution in [0.4, 0.5) is 8.78 Å². The first-order chi connectivity index (χ1) is 9.09. The topological polar surface area (TPSA) is 29.3 Å². The van der Waals surface area contributed by atoms with Crippen LogP contribution in [0.25, 0.3) is 0 Å². The lowest BCUT2D eigenvalue weighted by Crippen LogP contribution is -2.51. The van der Waals surface area contributed by atoms with Gasteiger partial charge in [-0.15, -0.1) is 0 Å². The highest BCUT2D eigenvalue weighted by Gasteiger charge is 2.37. The van der Waals surface area contributed by atoms with E-state index in [0.29, 0.717) is 18.7 Å². The SMILES string of the molecule is CCN(Cc1cc(F)cc(F)c1)C1(CN)CCCC1. The van der Waals surface area contributed by atoms with Crippen molar-refractivity contribution in [3.63, 3.8) is 0 Å². The second kappa shape index (κ2) is 5.97. The summed E-state index contributed by atoms with van der Waals surface area (Å²) in [4.78, 5) is 2.27. The molecule has 1 aromatic rings. The average Bonchev–Trinajstić information content (AvgIpc) is 2.84. The molecule has 0 aliphatic heterocycles. The molecule has 0 heterocycles. The fourth-order valence-corrected chi connectivity index (χ4v) is 3.22. The van der Waals surface area contributed by atoms with Crippen LogP contribution in [-0.4, -0.2) is 23.5 Å². The fraction of sp³-hybridized carbons (Fsp3) is 0.600. The first kappa shape index (κ1) is 14.4. The van der Waals surface area contributed by atoms with Gasteiger partial charge in [0.2, 0.25) is 0 Å². The van der Waals surface area contributed by atoms with Gasteiger partial charge in [-0.05, 0) is 37.1 Å². The van der Waals surface area contributed by atoms with E-state index in [4.69, 9.17) is 5.73 Å². The molecule has 106 valence electrons. The van der Waals surface area contributed by atoms with Gasteiger partial charge in [0.1, 0.15) is 11.6 Å². The van der Waals surface area contributed by atoms with Crippen LogP contribution in [0.1, 0.15) is 38.2 Å². The molecule has 19 heavy (non-hydrogen) atoms. The molecule has 0 radical (unpaired) electrons. The Hall–Kier alpha value is -1.00. The van der Waals surface area contributed by atoms with Crippen LogP contribution >= 0.6 is 0 Å². The van der Waals surface area contributed by atoms with Crippen LogP contribution in [0.15, 0.2) is 18.2 Å². The van der Waals surface area contributed by atoms with Crippen molar-refractivity contribution in [1.29, 1.82) is 0 Å². The second-order valence-corrected chi connectivity index (χ2v) is 5.43. The third-order valence-corrected chi connectivity index (χ3v) is 4.26. The summed E-state index contributed by atoms with van der Waals surface area (Å²) in [6, 6.07) is 3.73. The first-order valence-corrected chi connectivity index (χ1v) is 7.00. The Bertz CT molecular complexity index is 408. The third kappa shape index (κ3) is 3.12. The predicted octanol–water partition coefficient (Wildman–Crippen LogP) is 3.06. The van der Waals surface area contributed by atoms with E-state index in [1.54, 1.807) is 0 Å².